The summed E-state index contributed by atoms with van der Waals surface area (Å²) in [5.74, 6) is 0.0623. The number of aromatic hydroxyl groups is 1. The van der Waals surface area contributed by atoms with Gasteiger partial charge >= 0.3 is 0 Å². The predicted octanol–water partition coefficient (Wildman–Crippen LogP) is 3.27. The van der Waals surface area contributed by atoms with E-state index in [2.05, 4.69) is 0 Å². The van der Waals surface area contributed by atoms with Gasteiger partial charge in [-0.05, 0) is 17.7 Å². The lowest BCUT2D eigenvalue weighted by Crippen LogP contribution is -2.11. The van der Waals surface area contributed by atoms with Crippen molar-refractivity contribution in [3.8, 4) is 16.9 Å². The third kappa shape index (κ3) is 4.73. The molecule has 0 bridgehead atoms. The van der Waals surface area contributed by atoms with Crippen LogP contribution in [0.2, 0.25) is 10.0 Å². The Morgan fingerprint density at radius 3 is 2.05 bits per heavy atom. The lowest BCUT2D eigenvalue weighted by atomic mass is 10.1. The Bertz CT molecular complexity index is 516. The molecule has 2 rings (SSSR count). The van der Waals surface area contributed by atoms with E-state index in [0.29, 0.717) is 23.7 Å². The first-order chi connectivity index (χ1) is 9.10. The first-order valence-electron chi connectivity index (χ1n) is 5.73. The molecule has 102 valence electrons. The minimum atomic E-state index is 0.0623. The molecule has 0 atom stereocenters. The molecule has 0 aromatic heterocycles. The SMILES string of the molecule is NCCN.Oc1c(Cl)cc(Cl)cc1-c1ccccc1. The van der Waals surface area contributed by atoms with Crippen molar-refractivity contribution < 1.29 is 5.11 Å². The second-order valence-electron chi connectivity index (χ2n) is 3.73. The molecule has 0 aliphatic rings. The Hall–Kier alpha value is -1.26. The largest absolute Gasteiger partial charge is 0.506 e. The average molecular weight is 299 g/mol. The molecule has 0 unspecified atom stereocenters. The predicted molar refractivity (Wildman–Crippen MR) is 81.7 cm³/mol. The fourth-order valence-electron chi connectivity index (χ4n) is 1.40. The van der Waals surface area contributed by atoms with E-state index in [1.807, 2.05) is 30.3 Å². The van der Waals surface area contributed by atoms with Gasteiger partial charge in [0, 0.05) is 23.7 Å². The molecule has 0 saturated heterocycles. The van der Waals surface area contributed by atoms with E-state index in [4.69, 9.17) is 34.7 Å². The summed E-state index contributed by atoms with van der Waals surface area (Å²) in [4.78, 5) is 0. The Morgan fingerprint density at radius 2 is 1.53 bits per heavy atom. The average Bonchev–Trinajstić information content (AvgIpc) is 2.44. The first-order valence-corrected chi connectivity index (χ1v) is 6.49. The van der Waals surface area contributed by atoms with Crippen LogP contribution in [0.3, 0.4) is 0 Å². The van der Waals surface area contributed by atoms with Crippen LogP contribution in [-0.4, -0.2) is 18.2 Å². The molecule has 5 heteroatoms. The zero-order valence-corrected chi connectivity index (χ0v) is 11.8. The third-order valence-electron chi connectivity index (χ3n) is 2.28. The van der Waals surface area contributed by atoms with Gasteiger partial charge in [-0.2, -0.15) is 0 Å². The third-order valence-corrected chi connectivity index (χ3v) is 2.79. The molecular formula is C14H16Cl2N2O. The van der Waals surface area contributed by atoms with E-state index in [-0.39, 0.29) is 10.8 Å². The van der Waals surface area contributed by atoms with E-state index >= 15 is 0 Å². The lowest BCUT2D eigenvalue weighted by molar-refractivity contribution is 0.477. The van der Waals surface area contributed by atoms with Gasteiger partial charge in [-0.1, -0.05) is 53.5 Å². The number of nitrogens with two attached hydrogens (primary N) is 2. The highest BCUT2D eigenvalue weighted by Crippen LogP contribution is 2.37. The number of halogens is 2. The monoisotopic (exact) mass is 298 g/mol. The molecule has 3 nitrogen and oxygen atoms in total. The fraction of sp³-hybridized carbons (Fsp3) is 0.143. The van der Waals surface area contributed by atoms with E-state index in [1.165, 1.54) is 6.07 Å². The van der Waals surface area contributed by atoms with E-state index < -0.39 is 0 Å². The van der Waals surface area contributed by atoms with Crippen LogP contribution in [-0.2, 0) is 0 Å². The number of phenols is 1. The lowest BCUT2D eigenvalue weighted by Gasteiger charge is -2.06. The van der Waals surface area contributed by atoms with Gasteiger partial charge < -0.3 is 16.6 Å². The highest BCUT2D eigenvalue weighted by atomic mass is 35.5. The zero-order chi connectivity index (χ0) is 14.3. The number of phenolic OH excluding ortho intramolecular Hbond substituents is 1. The van der Waals surface area contributed by atoms with Crippen molar-refractivity contribution in [1.82, 2.24) is 0 Å². The van der Waals surface area contributed by atoms with Gasteiger partial charge in [-0.25, -0.2) is 0 Å². The molecule has 0 fully saturated rings. The molecular weight excluding hydrogens is 283 g/mol. The second kappa shape index (κ2) is 8.02. The number of benzene rings is 2. The molecule has 0 amide bonds. The Labute approximate surface area is 122 Å². The maximum atomic E-state index is 9.78. The molecule has 5 N–H and O–H groups in total. The molecule has 0 heterocycles. The minimum Gasteiger partial charge on any atom is -0.506 e. The quantitative estimate of drug-likeness (QED) is 0.797. The van der Waals surface area contributed by atoms with Crippen molar-refractivity contribution in [2.45, 2.75) is 0 Å². The normalized spacial score (nSPS) is 9.68. The van der Waals surface area contributed by atoms with Gasteiger partial charge in [0.2, 0.25) is 0 Å². The standard InChI is InChI=1S/C12H8Cl2O.C2H8N2/c13-9-6-10(12(15)11(14)7-9)8-4-2-1-3-5-8;3-1-2-4/h1-7,15H;1-4H2. The maximum Gasteiger partial charge on any atom is 0.142 e. The van der Waals surface area contributed by atoms with E-state index in [0.717, 1.165) is 5.56 Å². The molecule has 0 radical (unpaired) electrons. The summed E-state index contributed by atoms with van der Waals surface area (Å²) < 4.78 is 0. The summed E-state index contributed by atoms with van der Waals surface area (Å²) in [6.07, 6.45) is 0. The van der Waals surface area contributed by atoms with Crippen molar-refractivity contribution in [2.24, 2.45) is 11.5 Å². The highest BCUT2D eigenvalue weighted by molar-refractivity contribution is 6.36. The highest BCUT2D eigenvalue weighted by Gasteiger charge is 2.09. The molecule has 0 saturated carbocycles. The minimum absolute atomic E-state index is 0.0623. The molecule has 2 aromatic carbocycles. The molecule has 19 heavy (non-hydrogen) atoms. The van der Waals surface area contributed by atoms with Crippen LogP contribution in [0.1, 0.15) is 0 Å². The van der Waals surface area contributed by atoms with Crippen LogP contribution in [0.15, 0.2) is 42.5 Å². The Balaban J connectivity index is 0.000000399. The second-order valence-corrected chi connectivity index (χ2v) is 4.57. The van der Waals surface area contributed by atoms with Gasteiger partial charge in [-0.3, -0.25) is 0 Å². The summed E-state index contributed by atoms with van der Waals surface area (Å²) >= 11 is 11.7. The van der Waals surface area contributed by atoms with Crippen LogP contribution >= 0.6 is 23.2 Å². The van der Waals surface area contributed by atoms with Crippen LogP contribution in [0.25, 0.3) is 11.1 Å². The van der Waals surface area contributed by atoms with Crippen molar-refractivity contribution >= 4 is 23.2 Å². The van der Waals surface area contributed by atoms with Gasteiger partial charge in [0.25, 0.3) is 0 Å². The molecule has 0 aliphatic heterocycles. The summed E-state index contributed by atoms with van der Waals surface area (Å²) in [7, 11) is 0. The van der Waals surface area contributed by atoms with Gasteiger partial charge in [-0.15, -0.1) is 0 Å². The van der Waals surface area contributed by atoms with Crippen molar-refractivity contribution in [3.63, 3.8) is 0 Å². The van der Waals surface area contributed by atoms with Gasteiger partial charge in [0.15, 0.2) is 0 Å². The smallest absolute Gasteiger partial charge is 0.142 e. The maximum absolute atomic E-state index is 9.78. The summed E-state index contributed by atoms with van der Waals surface area (Å²) in [6, 6.07) is 12.7. The first kappa shape index (κ1) is 15.8. The number of hydrogen-bond acceptors (Lipinski definition) is 3. The topological polar surface area (TPSA) is 72.3 Å². The number of hydrogen-bond donors (Lipinski definition) is 3. The summed E-state index contributed by atoms with van der Waals surface area (Å²) in [6.45, 7) is 1.19. The zero-order valence-electron chi connectivity index (χ0n) is 10.3. The Kier molecular flexibility index (Phi) is 6.67. The van der Waals surface area contributed by atoms with Crippen molar-refractivity contribution in [1.29, 1.82) is 0 Å². The van der Waals surface area contributed by atoms with Crippen LogP contribution in [0.4, 0.5) is 0 Å². The molecule has 0 aliphatic carbocycles. The van der Waals surface area contributed by atoms with Crippen LogP contribution in [0, 0.1) is 0 Å². The van der Waals surface area contributed by atoms with Crippen molar-refractivity contribution in [2.75, 3.05) is 13.1 Å². The van der Waals surface area contributed by atoms with Crippen LogP contribution in [0.5, 0.6) is 5.75 Å². The van der Waals surface area contributed by atoms with E-state index in [1.54, 1.807) is 6.07 Å². The number of rotatable bonds is 2. The summed E-state index contributed by atoms with van der Waals surface area (Å²) in [5, 5.41) is 10.6. The van der Waals surface area contributed by atoms with E-state index in [9.17, 15) is 5.11 Å². The van der Waals surface area contributed by atoms with Crippen molar-refractivity contribution in [3.05, 3.63) is 52.5 Å². The van der Waals surface area contributed by atoms with Gasteiger partial charge in [0.05, 0.1) is 5.02 Å². The van der Waals surface area contributed by atoms with Crippen LogP contribution < -0.4 is 11.5 Å². The molecule has 2 aromatic rings. The molecule has 0 spiro atoms. The Morgan fingerprint density at radius 1 is 0.947 bits per heavy atom. The van der Waals surface area contributed by atoms with Gasteiger partial charge in [0.1, 0.15) is 5.75 Å². The summed E-state index contributed by atoms with van der Waals surface area (Å²) in [5.41, 5.74) is 11.3. The fourth-order valence-corrected chi connectivity index (χ4v) is 1.90.